The van der Waals surface area contributed by atoms with Crippen LogP contribution in [0.2, 0.25) is 0 Å². The molecule has 2 aliphatic heterocycles. The van der Waals surface area contributed by atoms with Crippen LogP contribution in [0.25, 0.3) is 11.3 Å². The lowest BCUT2D eigenvalue weighted by molar-refractivity contribution is -0.130. The molecule has 1 amide bonds. The molecule has 0 fully saturated rings. The molecule has 0 aliphatic carbocycles. The van der Waals surface area contributed by atoms with E-state index in [4.69, 9.17) is 0 Å². The standard InChI is InChI=1S/C25H25N3O2/c29-24(15-22-20-8-4-5-9-21(20)23-16-26-17-28(22)23)19-10-12-27(13-11-19)25(30)14-18-6-2-1-3-7-18/h1-10,16-17,22,24,29H,11-15H2/t22-,24-/m0/s1. The normalized spacial score (nSPS) is 18.5. The summed E-state index contributed by atoms with van der Waals surface area (Å²) in [6, 6.07) is 18.3. The molecule has 1 aromatic heterocycles. The number of aliphatic hydroxyl groups excluding tert-OH is 1. The molecule has 0 spiro atoms. The van der Waals surface area contributed by atoms with E-state index in [1.807, 2.05) is 66.0 Å². The molecule has 0 saturated carbocycles. The van der Waals surface area contributed by atoms with Gasteiger partial charge in [-0.25, -0.2) is 4.98 Å². The van der Waals surface area contributed by atoms with E-state index < -0.39 is 6.10 Å². The van der Waals surface area contributed by atoms with Crippen molar-refractivity contribution in [3.05, 3.63) is 89.9 Å². The fourth-order valence-corrected chi connectivity index (χ4v) is 4.63. The van der Waals surface area contributed by atoms with E-state index in [0.29, 0.717) is 32.4 Å². The van der Waals surface area contributed by atoms with Crippen LogP contribution < -0.4 is 0 Å². The maximum Gasteiger partial charge on any atom is 0.227 e. The SMILES string of the molecule is O=C(Cc1ccccc1)N1CC=C([C@@H](O)C[C@H]2c3ccccc3-c3cncn32)CC1. The van der Waals surface area contributed by atoms with Crippen molar-refractivity contribution in [1.29, 1.82) is 0 Å². The zero-order chi connectivity index (χ0) is 20.5. The van der Waals surface area contributed by atoms with Gasteiger partial charge in [0.1, 0.15) is 0 Å². The molecule has 5 nitrogen and oxygen atoms in total. The third kappa shape index (κ3) is 3.46. The lowest BCUT2D eigenvalue weighted by Gasteiger charge is -2.29. The fourth-order valence-electron chi connectivity index (χ4n) is 4.63. The van der Waals surface area contributed by atoms with Gasteiger partial charge in [0.05, 0.1) is 36.8 Å². The largest absolute Gasteiger partial charge is 0.389 e. The molecule has 0 radical (unpaired) electrons. The third-order valence-corrected chi connectivity index (χ3v) is 6.27. The predicted molar refractivity (Wildman–Crippen MR) is 116 cm³/mol. The van der Waals surface area contributed by atoms with Crippen molar-refractivity contribution in [3.63, 3.8) is 0 Å². The molecule has 5 heteroatoms. The maximum absolute atomic E-state index is 12.6. The van der Waals surface area contributed by atoms with E-state index in [0.717, 1.165) is 16.8 Å². The lowest BCUT2D eigenvalue weighted by atomic mass is 9.93. The van der Waals surface area contributed by atoms with Gasteiger partial charge in [-0.2, -0.15) is 0 Å². The first kappa shape index (κ1) is 18.8. The van der Waals surface area contributed by atoms with Crippen molar-refractivity contribution in [1.82, 2.24) is 14.5 Å². The Labute approximate surface area is 176 Å². The second-order valence-corrected chi connectivity index (χ2v) is 8.07. The number of hydrogen-bond acceptors (Lipinski definition) is 3. The molecule has 1 N–H and O–H groups in total. The molecule has 0 unspecified atom stereocenters. The molecular weight excluding hydrogens is 374 g/mol. The predicted octanol–water partition coefficient (Wildman–Crippen LogP) is 3.61. The summed E-state index contributed by atoms with van der Waals surface area (Å²) in [5.41, 5.74) is 5.61. The number of benzene rings is 2. The maximum atomic E-state index is 12.6. The van der Waals surface area contributed by atoms with Crippen LogP contribution in [0.15, 0.2) is 78.8 Å². The number of aromatic nitrogens is 2. The highest BCUT2D eigenvalue weighted by Gasteiger charge is 2.31. The Balaban J connectivity index is 1.25. The summed E-state index contributed by atoms with van der Waals surface area (Å²) in [4.78, 5) is 18.8. The summed E-state index contributed by atoms with van der Waals surface area (Å²) in [7, 11) is 0. The van der Waals surface area contributed by atoms with Gasteiger partial charge in [0.2, 0.25) is 5.91 Å². The van der Waals surface area contributed by atoms with Crippen molar-refractivity contribution in [2.24, 2.45) is 0 Å². The summed E-state index contributed by atoms with van der Waals surface area (Å²) >= 11 is 0. The molecule has 152 valence electrons. The number of hydrogen-bond donors (Lipinski definition) is 1. The topological polar surface area (TPSA) is 58.4 Å². The van der Waals surface area contributed by atoms with Gasteiger partial charge in [-0.05, 0) is 23.1 Å². The van der Waals surface area contributed by atoms with Crippen molar-refractivity contribution in [3.8, 4) is 11.3 Å². The quantitative estimate of drug-likeness (QED) is 0.667. The number of amides is 1. The van der Waals surface area contributed by atoms with Gasteiger partial charge in [-0.15, -0.1) is 0 Å². The minimum absolute atomic E-state index is 0.0901. The van der Waals surface area contributed by atoms with E-state index in [2.05, 4.69) is 21.7 Å². The van der Waals surface area contributed by atoms with Gasteiger partial charge in [-0.1, -0.05) is 60.7 Å². The van der Waals surface area contributed by atoms with E-state index in [1.165, 1.54) is 11.1 Å². The lowest BCUT2D eigenvalue weighted by Crippen LogP contribution is -2.37. The Bertz CT molecular complexity index is 1090. The van der Waals surface area contributed by atoms with Crippen molar-refractivity contribution in [2.45, 2.75) is 31.4 Å². The number of nitrogens with zero attached hydrogens (tertiary/aromatic N) is 3. The van der Waals surface area contributed by atoms with Crippen LogP contribution in [-0.2, 0) is 11.2 Å². The van der Waals surface area contributed by atoms with E-state index in [1.54, 1.807) is 0 Å². The highest BCUT2D eigenvalue weighted by Crippen LogP contribution is 2.41. The highest BCUT2D eigenvalue weighted by molar-refractivity contribution is 5.79. The molecule has 0 saturated heterocycles. The van der Waals surface area contributed by atoms with Crippen LogP contribution in [0, 0.1) is 0 Å². The van der Waals surface area contributed by atoms with Crippen LogP contribution >= 0.6 is 0 Å². The zero-order valence-electron chi connectivity index (χ0n) is 16.8. The first-order valence-corrected chi connectivity index (χ1v) is 10.5. The smallest absolute Gasteiger partial charge is 0.227 e. The molecule has 30 heavy (non-hydrogen) atoms. The Morgan fingerprint density at radius 3 is 2.73 bits per heavy atom. The van der Waals surface area contributed by atoms with Crippen LogP contribution in [-0.4, -0.2) is 44.7 Å². The number of aliphatic hydroxyl groups is 1. The summed E-state index contributed by atoms with van der Waals surface area (Å²) in [5, 5.41) is 11.0. The van der Waals surface area contributed by atoms with Crippen LogP contribution in [0.4, 0.5) is 0 Å². The Hall–Kier alpha value is -3.18. The minimum atomic E-state index is -0.525. The number of fused-ring (bicyclic) bond motifs is 3. The van der Waals surface area contributed by atoms with Gasteiger partial charge in [0, 0.05) is 25.1 Å². The molecule has 3 heterocycles. The van der Waals surface area contributed by atoms with Gasteiger partial charge in [0.25, 0.3) is 0 Å². The Morgan fingerprint density at radius 2 is 1.93 bits per heavy atom. The number of carbonyl (C=O) groups is 1. The summed E-state index contributed by atoms with van der Waals surface area (Å²) in [6.07, 6.45) is 7.01. The van der Waals surface area contributed by atoms with Crippen molar-refractivity contribution in [2.75, 3.05) is 13.1 Å². The van der Waals surface area contributed by atoms with Gasteiger partial charge < -0.3 is 14.6 Å². The van der Waals surface area contributed by atoms with Gasteiger partial charge in [0.15, 0.2) is 0 Å². The summed E-state index contributed by atoms with van der Waals surface area (Å²) in [5.74, 6) is 0.138. The molecule has 2 aromatic carbocycles. The van der Waals surface area contributed by atoms with Crippen molar-refractivity contribution >= 4 is 5.91 Å². The van der Waals surface area contributed by atoms with Gasteiger partial charge >= 0.3 is 0 Å². The molecule has 2 aliphatic rings. The van der Waals surface area contributed by atoms with E-state index in [-0.39, 0.29) is 11.9 Å². The molecular formula is C25H25N3O2. The molecule has 2 atom stereocenters. The first-order chi connectivity index (χ1) is 14.7. The van der Waals surface area contributed by atoms with E-state index >= 15 is 0 Å². The Morgan fingerprint density at radius 1 is 1.13 bits per heavy atom. The van der Waals surface area contributed by atoms with Crippen LogP contribution in [0.5, 0.6) is 0 Å². The molecule has 3 aromatic rings. The third-order valence-electron chi connectivity index (χ3n) is 6.27. The monoisotopic (exact) mass is 399 g/mol. The number of carbonyl (C=O) groups excluding carboxylic acids is 1. The number of imidazole rings is 1. The second-order valence-electron chi connectivity index (χ2n) is 8.07. The molecule has 5 rings (SSSR count). The minimum Gasteiger partial charge on any atom is -0.389 e. The zero-order valence-corrected chi connectivity index (χ0v) is 16.8. The van der Waals surface area contributed by atoms with Crippen LogP contribution in [0.1, 0.15) is 30.0 Å². The van der Waals surface area contributed by atoms with Gasteiger partial charge in [-0.3, -0.25) is 4.79 Å². The second kappa shape index (κ2) is 7.92. The first-order valence-electron chi connectivity index (χ1n) is 10.5. The Kier molecular flexibility index (Phi) is 4.97. The van der Waals surface area contributed by atoms with E-state index in [9.17, 15) is 9.90 Å². The fraction of sp³-hybridized carbons (Fsp3) is 0.280. The average Bonchev–Trinajstić information content (AvgIpc) is 3.37. The molecule has 0 bridgehead atoms. The van der Waals surface area contributed by atoms with Crippen LogP contribution in [0.3, 0.4) is 0 Å². The average molecular weight is 399 g/mol. The van der Waals surface area contributed by atoms with Crippen molar-refractivity contribution < 1.29 is 9.90 Å². The summed E-state index contributed by atoms with van der Waals surface area (Å²) in [6.45, 7) is 1.22. The summed E-state index contributed by atoms with van der Waals surface area (Å²) < 4.78 is 2.16. The number of rotatable bonds is 5. The highest BCUT2D eigenvalue weighted by atomic mass is 16.3.